The van der Waals surface area contributed by atoms with Gasteiger partial charge in [-0.15, -0.1) is 6.58 Å². The second-order valence-electron chi connectivity index (χ2n) is 3.93. The molecule has 1 aliphatic rings. The summed E-state index contributed by atoms with van der Waals surface area (Å²) in [6.07, 6.45) is 2.30. The minimum Gasteiger partial charge on any atom is -0.280 e. The zero-order valence-electron chi connectivity index (χ0n) is 9.47. The van der Waals surface area contributed by atoms with Crippen molar-refractivity contribution in [3.05, 3.63) is 24.3 Å². The van der Waals surface area contributed by atoms with Crippen molar-refractivity contribution in [3.8, 4) is 0 Å². The maximum atomic E-state index is 11.7. The van der Waals surface area contributed by atoms with Crippen LogP contribution in [0, 0.1) is 19.8 Å². The Morgan fingerprint density at radius 2 is 1.94 bits per heavy atom. The zero-order chi connectivity index (χ0) is 11.7. The van der Waals surface area contributed by atoms with E-state index in [1.807, 2.05) is 0 Å². The topological polar surface area (TPSA) is 59.0 Å². The first-order valence-electron chi connectivity index (χ1n) is 5.22. The van der Waals surface area contributed by atoms with Crippen LogP contribution in [0.1, 0.15) is 18.1 Å². The summed E-state index contributed by atoms with van der Waals surface area (Å²) in [5, 5.41) is 0. The van der Waals surface area contributed by atoms with Crippen molar-refractivity contribution in [3.63, 3.8) is 0 Å². The molecule has 0 radical (unpaired) electrons. The average molecular weight is 218 g/mol. The molecular formula is C11H14N4O. The molecule has 0 spiro atoms. The highest BCUT2D eigenvalue weighted by molar-refractivity contribution is 5.94. The quantitative estimate of drug-likeness (QED) is 0.695. The van der Waals surface area contributed by atoms with Gasteiger partial charge >= 0.3 is 0 Å². The Labute approximate surface area is 94.2 Å². The lowest BCUT2D eigenvalue weighted by atomic mass is 10.1. The first-order chi connectivity index (χ1) is 7.60. The number of hydrogen-bond donors (Lipinski definition) is 0. The normalized spacial score (nSPS) is 20.2. The van der Waals surface area contributed by atoms with Crippen molar-refractivity contribution in [2.24, 2.45) is 5.92 Å². The SMILES string of the molecule is C=CC1CC(=O)N(c2nc(C)nc(C)n2)C1. The number of hydrogen-bond acceptors (Lipinski definition) is 4. The number of aryl methyl sites for hydroxylation is 2. The molecule has 5 heteroatoms. The highest BCUT2D eigenvalue weighted by Crippen LogP contribution is 2.22. The zero-order valence-corrected chi connectivity index (χ0v) is 9.47. The van der Waals surface area contributed by atoms with Crippen LogP contribution in [0.5, 0.6) is 0 Å². The van der Waals surface area contributed by atoms with Crippen molar-refractivity contribution in [1.82, 2.24) is 15.0 Å². The molecule has 1 amide bonds. The van der Waals surface area contributed by atoms with E-state index in [2.05, 4.69) is 21.5 Å². The first kappa shape index (κ1) is 10.7. The van der Waals surface area contributed by atoms with Crippen LogP contribution in [0.25, 0.3) is 0 Å². The van der Waals surface area contributed by atoms with E-state index in [0.717, 1.165) is 0 Å². The van der Waals surface area contributed by atoms with E-state index in [9.17, 15) is 4.79 Å². The van der Waals surface area contributed by atoms with Gasteiger partial charge in [-0.05, 0) is 13.8 Å². The molecule has 84 valence electrons. The molecule has 2 heterocycles. The lowest BCUT2D eigenvalue weighted by Gasteiger charge is -2.14. The molecule has 16 heavy (non-hydrogen) atoms. The van der Waals surface area contributed by atoms with Gasteiger partial charge in [0.2, 0.25) is 11.9 Å². The summed E-state index contributed by atoms with van der Waals surface area (Å²) in [7, 11) is 0. The fourth-order valence-corrected chi connectivity index (χ4v) is 1.81. The molecule has 1 fully saturated rings. The standard InChI is InChI=1S/C11H14N4O/c1-4-9-5-10(16)15(6-9)11-13-7(2)12-8(3)14-11/h4,9H,1,5-6H2,2-3H3. The van der Waals surface area contributed by atoms with Crippen LogP contribution in [-0.4, -0.2) is 27.4 Å². The van der Waals surface area contributed by atoms with E-state index in [4.69, 9.17) is 0 Å². The van der Waals surface area contributed by atoms with Crippen LogP contribution in [-0.2, 0) is 4.79 Å². The molecule has 0 bridgehead atoms. The summed E-state index contributed by atoms with van der Waals surface area (Å²) in [5.41, 5.74) is 0. The number of carbonyl (C=O) groups is 1. The van der Waals surface area contributed by atoms with Crippen LogP contribution < -0.4 is 4.90 Å². The van der Waals surface area contributed by atoms with Crippen molar-refractivity contribution in [2.45, 2.75) is 20.3 Å². The third-order valence-corrected chi connectivity index (χ3v) is 2.58. The van der Waals surface area contributed by atoms with Crippen LogP contribution in [0.2, 0.25) is 0 Å². The molecule has 1 aliphatic heterocycles. The Bertz CT molecular complexity index is 423. The fraction of sp³-hybridized carbons (Fsp3) is 0.455. The molecule has 1 aromatic heterocycles. The van der Waals surface area contributed by atoms with Gasteiger partial charge in [-0.2, -0.15) is 9.97 Å². The molecule has 1 atom stereocenters. The third kappa shape index (κ3) is 1.93. The van der Waals surface area contributed by atoms with Crippen LogP contribution in [0.15, 0.2) is 12.7 Å². The van der Waals surface area contributed by atoms with E-state index in [-0.39, 0.29) is 11.8 Å². The summed E-state index contributed by atoms with van der Waals surface area (Å²) in [4.78, 5) is 25.8. The second kappa shape index (κ2) is 4.00. The molecule has 0 aliphatic carbocycles. The number of rotatable bonds is 2. The van der Waals surface area contributed by atoms with Gasteiger partial charge in [0.05, 0.1) is 0 Å². The average Bonchev–Trinajstić information content (AvgIpc) is 2.58. The van der Waals surface area contributed by atoms with Crippen molar-refractivity contribution in [2.75, 3.05) is 11.4 Å². The monoisotopic (exact) mass is 218 g/mol. The number of aromatic nitrogens is 3. The van der Waals surface area contributed by atoms with Gasteiger partial charge in [0.1, 0.15) is 11.6 Å². The van der Waals surface area contributed by atoms with Crippen molar-refractivity contribution >= 4 is 11.9 Å². The summed E-state index contributed by atoms with van der Waals surface area (Å²) < 4.78 is 0. The predicted octanol–water partition coefficient (Wildman–Crippen LogP) is 1.03. The number of amides is 1. The summed E-state index contributed by atoms with van der Waals surface area (Å²) in [6.45, 7) is 7.92. The van der Waals surface area contributed by atoms with E-state index < -0.39 is 0 Å². The minimum absolute atomic E-state index is 0.0508. The van der Waals surface area contributed by atoms with Crippen LogP contribution in [0.4, 0.5) is 5.95 Å². The van der Waals surface area contributed by atoms with Crippen molar-refractivity contribution < 1.29 is 4.79 Å². The van der Waals surface area contributed by atoms with Crippen LogP contribution in [0.3, 0.4) is 0 Å². The summed E-state index contributed by atoms with van der Waals surface area (Å²) in [6, 6.07) is 0. The lowest BCUT2D eigenvalue weighted by Crippen LogP contribution is -2.27. The molecule has 2 rings (SSSR count). The first-order valence-corrected chi connectivity index (χ1v) is 5.22. The molecule has 1 saturated heterocycles. The molecular weight excluding hydrogens is 204 g/mol. The van der Waals surface area contributed by atoms with E-state index >= 15 is 0 Å². The predicted molar refractivity (Wildman–Crippen MR) is 60.0 cm³/mol. The summed E-state index contributed by atoms with van der Waals surface area (Å²) in [5.74, 6) is 1.98. The van der Waals surface area contributed by atoms with Gasteiger partial charge in [0.15, 0.2) is 0 Å². The molecule has 0 aromatic carbocycles. The van der Waals surface area contributed by atoms with Gasteiger partial charge in [-0.25, -0.2) is 4.98 Å². The fourth-order valence-electron chi connectivity index (χ4n) is 1.81. The third-order valence-electron chi connectivity index (χ3n) is 2.58. The lowest BCUT2D eigenvalue weighted by molar-refractivity contribution is -0.117. The molecule has 1 unspecified atom stereocenters. The van der Waals surface area contributed by atoms with Gasteiger partial charge in [-0.3, -0.25) is 9.69 Å². The Kier molecular flexibility index (Phi) is 2.68. The number of anilines is 1. The number of carbonyl (C=O) groups excluding carboxylic acids is 1. The maximum absolute atomic E-state index is 11.7. The Morgan fingerprint density at radius 1 is 1.31 bits per heavy atom. The Morgan fingerprint density at radius 3 is 2.44 bits per heavy atom. The smallest absolute Gasteiger partial charge is 0.235 e. The van der Waals surface area contributed by atoms with E-state index in [0.29, 0.717) is 30.6 Å². The van der Waals surface area contributed by atoms with E-state index in [1.54, 1.807) is 24.8 Å². The highest BCUT2D eigenvalue weighted by Gasteiger charge is 2.30. The summed E-state index contributed by atoms with van der Waals surface area (Å²) >= 11 is 0. The molecule has 0 N–H and O–H groups in total. The van der Waals surface area contributed by atoms with Gasteiger partial charge in [-0.1, -0.05) is 6.08 Å². The van der Waals surface area contributed by atoms with Gasteiger partial charge in [0, 0.05) is 18.9 Å². The Balaban J connectivity index is 2.30. The largest absolute Gasteiger partial charge is 0.280 e. The van der Waals surface area contributed by atoms with Crippen molar-refractivity contribution in [1.29, 1.82) is 0 Å². The minimum atomic E-state index is 0.0508. The highest BCUT2D eigenvalue weighted by atomic mass is 16.2. The van der Waals surface area contributed by atoms with Gasteiger partial charge in [0.25, 0.3) is 0 Å². The number of nitrogens with zero attached hydrogens (tertiary/aromatic N) is 4. The van der Waals surface area contributed by atoms with E-state index in [1.165, 1.54) is 0 Å². The Hall–Kier alpha value is -1.78. The second-order valence-corrected chi connectivity index (χ2v) is 3.93. The molecule has 1 aromatic rings. The maximum Gasteiger partial charge on any atom is 0.235 e. The van der Waals surface area contributed by atoms with Crippen LogP contribution >= 0.6 is 0 Å². The molecule has 5 nitrogen and oxygen atoms in total. The van der Waals surface area contributed by atoms with Gasteiger partial charge < -0.3 is 0 Å². The molecule has 0 saturated carbocycles.